The van der Waals surface area contributed by atoms with Gasteiger partial charge in [-0.05, 0) is 36.4 Å². The van der Waals surface area contributed by atoms with Crippen LogP contribution in [-0.2, 0) is 6.54 Å². The molecule has 0 bridgehead atoms. The molecule has 0 spiro atoms. The molecule has 0 atom stereocenters. The monoisotopic (exact) mass is 428 g/mol. The second-order valence-electron chi connectivity index (χ2n) is 7.14. The summed E-state index contributed by atoms with van der Waals surface area (Å²) in [6.45, 7) is 0.352. The second-order valence-corrected chi connectivity index (χ2v) is 7.14. The van der Waals surface area contributed by atoms with E-state index >= 15 is 0 Å². The molecule has 0 aliphatic heterocycles. The summed E-state index contributed by atoms with van der Waals surface area (Å²) in [5.41, 5.74) is 3.69. The Bertz CT molecular complexity index is 1270. The van der Waals surface area contributed by atoms with Crippen molar-refractivity contribution in [3.05, 3.63) is 83.9 Å². The second kappa shape index (κ2) is 9.39. The maximum Gasteiger partial charge on any atom is 0.252 e. The molecule has 162 valence electrons. The number of methoxy groups -OCH3 is 3. The lowest BCUT2D eigenvalue weighted by molar-refractivity contribution is 0.0952. The van der Waals surface area contributed by atoms with Gasteiger partial charge < -0.3 is 19.5 Å². The number of pyridine rings is 1. The first-order valence-electron chi connectivity index (χ1n) is 10.2. The summed E-state index contributed by atoms with van der Waals surface area (Å²) in [5, 5.41) is 3.80. The maximum absolute atomic E-state index is 13.2. The van der Waals surface area contributed by atoms with E-state index in [1.165, 1.54) is 0 Å². The fourth-order valence-corrected chi connectivity index (χ4v) is 3.63. The van der Waals surface area contributed by atoms with Gasteiger partial charge in [-0.25, -0.2) is 4.98 Å². The van der Waals surface area contributed by atoms with Crippen molar-refractivity contribution in [1.82, 2.24) is 10.3 Å². The van der Waals surface area contributed by atoms with Crippen LogP contribution in [0, 0.1) is 0 Å². The molecule has 4 rings (SSSR count). The summed E-state index contributed by atoms with van der Waals surface area (Å²) in [6, 6.07) is 22.6. The van der Waals surface area contributed by atoms with Crippen molar-refractivity contribution in [2.45, 2.75) is 6.54 Å². The van der Waals surface area contributed by atoms with E-state index < -0.39 is 0 Å². The van der Waals surface area contributed by atoms with Crippen molar-refractivity contribution in [3.8, 4) is 28.5 Å². The molecule has 4 aromatic rings. The number of carbonyl (C=O) groups is 1. The average molecular weight is 428 g/mol. The van der Waals surface area contributed by atoms with Crippen LogP contribution in [0.1, 0.15) is 15.9 Å². The molecule has 0 aliphatic rings. The van der Waals surface area contributed by atoms with Crippen molar-refractivity contribution in [2.75, 3.05) is 21.3 Å². The summed E-state index contributed by atoms with van der Waals surface area (Å²) in [4.78, 5) is 18.0. The molecule has 0 unspecified atom stereocenters. The summed E-state index contributed by atoms with van der Waals surface area (Å²) in [7, 11) is 4.80. The largest absolute Gasteiger partial charge is 0.496 e. The minimum atomic E-state index is -0.184. The Morgan fingerprint density at radius 1 is 0.812 bits per heavy atom. The van der Waals surface area contributed by atoms with E-state index in [-0.39, 0.29) is 5.91 Å². The quantitative estimate of drug-likeness (QED) is 0.455. The molecule has 6 nitrogen and oxygen atoms in total. The van der Waals surface area contributed by atoms with Crippen LogP contribution >= 0.6 is 0 Å². The number of hydrogen-bond acceptors (Lipinski definition) is 5. The van der Waals surface area contributed by atoms with E-state index in [1.807, 2.05) is 66.7 Å². The molecule has 0 fully saturated rings. The Hall–Kier alpha value is -4.06. The lowest BCUT2D eigenvalue weighted by Crippen LogP contribution is -2.23. The van der Waals surface area contributed by atoms with Gasteiger partial charge >= 0.3 is 0 Å². The number of benzene rings is 3. The predicted molar refractivity (Wildman–Crippen MR) is 124 cm³/mol. The Kier molecular flexibility index (Phi) is 6.22. The van der Waals surface area contributed by atoms with Crippen LogP contribution in [0.3, 0.4) is 0 Å². The zero-order valence-electron chi connectivity index (χ0n) is 18.2. The van der Waals surface area contributed by atoms with E-state index in [0.29, 0.717) is 29.3 Å². The van der Waals surface area contributed by atoms with Gasteiger partial charge in [0.25, 0.3) is 5.91 Å². The van der Waals surface area contributed by atoms with Crippen LogP contribution in [0.4, 0.5) is 0 Å². The first-order valence-corrected chi connectivity index (χ1v) is 10.2. The Morgan fingerprint density at radius 3 is 2.31 bits per heavy atom. The Morgan fingerprint density at radius 2 is 1.53 bits per heavy atom. The van der Waals surface area contributed by atoms with Gasteiger partial charge in [0.2, 0.25) is 0 Å². The Balaban J connectivity index is 1.72. The number of nitrogens with one attached hydrogen (secondary N) is 1. The van der Waals surface area contributed by atoms with Crippen LogP contribution in [0.5, 0.6) is 17.2 Å². The van der Waals surface area contributed by atoms with Gasteiger partial charge in [-0.2, -0.15) is 0 Å². The molecule has 32 heavy (non-hydrogen) atoms. The minimum Gasteiger partial charge on any atom is -0.496 e. The third-order valence-electron chi connectivity index (χ3n) is 5.27. The van der Waals surface area contributed by atoms with Gasteiger partial charge in [0.15, 0.2) is 11.5 Å². The predicted octanol–water partition coefficient (Wildman–Crippen LogP) is 4.86. The summed E-state index contributed by atoms with van der Waals surface area (Å²) in [5.74, 6) is 1.78. The number of aromatic nitrogens is 1. The molecule has 1 amide bonds. The molecule has 6 heteroatoms. The number of rotatable bonds is 7. The number of hydrogen-bond donors (Lipinski definition) is 1. The van der Waals surface area contributed by atoms with Crippen molar-refractivity contribution in [3.63, 3.8) is 0 Å². The van der Waals surface area contributed by atoms with Crippen LogP contribution in [0.2, 0.25) is 0 Å². The third kappa shape index (κ3) is 4.21. The standard InChI is InChI=1S/C26H24N2O4/c1-30-23-11-7-4-8-18(23)16-27-26(29)20-15-22(28-21-10-6-5-9-19(20)21)17-12-13-24(31-2)25(14-17)32-3/h4-15H,16H2,1-3H3,(H,27,29). The minimum absolute atomic E-state index is 0.184. The van der Waals surface area contributed by atoms with Crippen molar-refractivity contribution in [2.24, 2.45) is 0 Å². The van der Waals surface area contributed by atoms with Crippen LogP contribution < -0.4 is 19.5 Å². The van der Waals surface area contributed by atoms with Crippen LogP contribution in [-0.4, -0.2) is 32.2 Å². The molecule has 3 aromatic carbocycles. The van der Waals surface area contributed by atoms with E-state index in [0.717, 1.165) is 27.8 Å². The zero-order chi connectivity index (χ0) is 22.5. The van der Waals surface area contributed by atoms with Gasteiger partial charge in [0.1, 0.15) is 5.75 Å². The van der Waals surface area contributed by atoms with E-state index in [9.17, 15) is 4.79 Å². The van der Waals surface area contributed by atoms with Crippen LogP contribution in [0.15, 0.2) is 72.8 Å². The van der Waals surface area contributed by atoms with Crippen LogP contribution in [0.25, 0.3) is 22.2 Å². The van der Waals surface area contributed by atoms with E-state index in [1.54, 1.807) is 27.4 Å². The van der Waals surface area contributed by atoms with Crippen molar-refractivity contribution >= 4 is 16.8 Å². The highest BCUT2D eigenvalue weighted by Crippen LogP contribution is 2.33. The fraction of sp³-hybridized carbons (Fsp3) is 0.154. The number of ether oxygens (including phenoxy) is 3. The van der Waals surface area contributed by atoms with Crippen molar-refractivity contribution in [1.29, 1.82) is 0 Å². The lowest BCUT2D eigenvalue weighted by Gasteiger charge is -2.13. The molecule has 0 aliphatic carbocycles. The summed E-state index contributed by atoms with van der Waals surface area (Å²) < 4.78 is 16.1. The molecule has 0 saturated carbocycles. The number of nitrogens with zero attached hydrogens (tertiary/aromatic N) is 1. The molecule has 0 radical (unpaired) electrons. The molecular weight excluding hydrogens is 404 g/mol. The average Bonchev–Trinajstić information content (AvgIpc) is 2.86. The van der Waals surface area contributed by atoms with Gasteiger partial charge in [0, 0.05) is 23.1 Å². The molecule has 1 aromatic heterocycles. The normalized spacial score (nSPS) is 10.6. The van der Waals surface area contributed by atoms with Crippen molar-refractivity contribution < 1.29 is 19.0 Å². The first kappa shape index (κ1) is 21.2. The number of amides is 1. The summed E-state index contributed by atoms with van der Waals surface area (Å²) in [6.07, 6.45) is 0. The smallest absolute Gasteiger partial charge is 0.252 e. The van der Waals surface area contributed by atoms with Gasteiger partial charge in [-0.3, -0.25) is 4.79 Å². The molecule has 1 N–H and O–H groups in total. The van der Waals surface area contributed by atoms with Gasteiger partial charge in [-0.1, -0.05) is 36.4 Å². The van der Waals surface area contributed by atoms with Gasteiger partial charge in [-0.15, -0.1) is 0 Å². The zero-order valence-corrected chi connectivity index (χ0v) is 18.2. The number of fused-ring (bicyclic) bond motifs is 1. The molecular formula is C26H24N2O4. The lowest BCUT2D eigenvalue weighted by atomic mass is 10.0. The van der Waals surface area contributed by atoms with E-state index in [4.69, 9.17) is 19.2 Å². The third-order valence-corrected chi connectivity index (χ3v) is 5.27. The highest BCUT2D eigenvalue weighted by molar-refractivity contribution is 6.07. The van der Waals surface area contributed by atoms with Gasteiger partial charge in [0.05, 0.1) is 38.1 Å². The SMILES string of the molecule is COc1ccccc1CNC(=O)c1cc(-c2ccc(OC)c(OC)c2)nc2ccccc12. The number of para-hydroxylation sites is 2. The maximum atomic E-state index is 13.2. The number of carbonyl (C=O) groups excluding carboxylic acids is 1. The fourth-order valence-electron chi connectivity index (χ4n) is 3.63. The molecule has 0 saturated heterocycles. The first-order chi connectivity index (χ1) is 15.6. The topological polar surface area (TPSA) is 69.7 Å². The van der Waals surface area contributed by atoms with E-state index in [2.05, 4.69) is 5.32 Å². The highest BCUT2D eigenvalue weighted by atomic mass is 16.5. The highest BCUT2D eigenvalue weighted by Gasteiger charge is 2.16. The Labute approximate surface area is 186 Å². The summed E-state index contributed by atoms with van der Waals surface area (Å²) >= 11 is 0. The molecule has 1 heterocycles.